The summed E-state index contributed by atoms with van der Waals surface area (Å²) in [6.45, 7) is 11.3. The van der Waals surface area contributed by atoms with Crippen LogP contribution in [0.1, 0.15) is 22.3 Å². The quantitative estimate of drug-likeness (QED) is 0.315. The van der Waals surface area contributed by atoms with Crippen molar-refractivity contribution in [2.24, 2.45) is 0 Å². The van der Waals surface area contributed by atoms with E-state index in [-0.39, 0.29) is 0 Å². The number of aryl methyl sites for hydroxylation is 1. The Morgan fingerprint density at radius 2 is 1.68 bits per heavy atom. The highest BCUT2D eigenvalue weighted by atomic mass is 28.4. The molecule has 28 heavy (non-hydrogen) atoms. The molecule has 1 aromatic heterocycles. The topological polar surface area (TPSA) is 57.7 Å². The molecule has 5 nitrogen and oxygen atoms in total. The number of carbonyl (C=O) groups is 1. The highest BCUT2D eigenvalue weighted by Crippen LogP contribution is 2.30. The summed E-state index contributed by atoms with van der Waals surface area (Å²) in [5, 5.41) is 0. The predicted molar refractivity (Wildman–Crippen MR) is 117 cm³/mol. The minimum absolute atomic E-state index is 0.421. The number of nitrogens with zero attached hydrogens (tertiary/aromatic N) is 1. The Hall–Kier alpha value is -1.97. The average molecular weight is 418 g/mol. The Balaban J connectivity index is 1.98. The molecule has 7 heteroatoms. The molecule has 0 radical (unpaired) electrons. The number of methoxy groups -OCH3 is 1. The number of aromatic nitrogens is 1. The monoisotopic (exact) mass is 417 g/mol. The van der Waals surface area contributed by atoms with Crippen molar-refractivity contribution in [1.82, 2.24) is 4.98 Å². The summed E-state index contributed by atoms with van der Waals surface area (Å²) in [4.78, 5) is 16.2. The van der Waals surface area contributed by atoms with Crippen LogP contribution in [-0.2, 0) is 10.5 Å². The molecule has 0 spiro atoms. The van der Waals surface area contributed by atoms with Crippen LogP contribution in [0.25, 0.3) is 0 Å². The first-order valence-corrected chi connectivity index (χ1v) is 16.1. The molecule has 2 rings (SSSR count). The molecule has 0 aliphatic heterocycles. The molecule has 0 aliphatic carbocycles. The van der Waals surface area contributed by atoms with E-state index in [0.717, 1.165) is 18.9 Å². The minimum Gasteiger partial charge on any atom is -0.493 e. The predicted octanol–water partition coefficient (Wildman–Crippen LogP) is 5.30. The molecule has 0 fully saturated rings. The molecule has 0 bridgehead atoms. The Morgan fingerprint density at radius 1 is 1.00 bits per heavy atom. The summed E-state index contributed by atoms with van der Waals surface area (Å²) in [6.07, 6.45) is 5.14. The average Bonchev–Trinajstić information content (AvgIpc) is 2.61. The van der Waals surface area contributed by atoms with E-state index in [9.17, 15) is 4.79 Å². The van der Waals surface area contributed by atoms with Crippen molar-refractivity contribution in [3.63, 3.8) is 0 Å². The van der Waals surface area contributed by atoms with Crippen LogP contribution in [0.5, 0.6) is 11.5 Å². The zero-order valence-electron chi connectivity index (χ0n) is 17.7. The van der Waals surface area contributed by atoms with Crippen LogP contribution in [0.15, 0.2) is 42.7 Å². The van der Waals surface area contributed by atoms with Gasteiger partial charge in [-0.2, -0.15) is 0 Å². The zero-order valence-corrected chi connectivity index (χ0v) is 19.7. The lowest BCUT2D eigenvalue weighted by Crippen LogP contribution is -2.42. The number of carbonyl (C=O) groups excluding carboxylic acids is 1. The highest BCUT2D eigenvalue weighted by molar-refractivity contribution is 6.84. The van der Waals surface area contributed by atoms with Crippen molar-refractivity contribution in [3.05, 3.63) is 53.9 Å². The van der Waals surface area contributed by atoms with Gasteiger partial charge in [-0.3, -0.25) is 4.98 Å². The van der Waals surface area contributed by atoms with E-state index in [0.29, 0.717) is 17.1 Å². The molecule has 2 aromatic rings. The second kappa shape index (κ2) is 9.49. The minimum atomic E-state index is -1.63. The summed E-state index contributed by atoms with van der Waals surface area (Å²) < 4.78 is 17.3. The van der Waals surface area contributed by atoms with Gasteiger partial charge in [0, 0.05) is 12.4 Å². The fraction of sp³-hybridized carbons (Fsp3) is 0.429. The molecule has 0 saturated heterocycles. The molecule has 0 N–H and O–H groups in total. The number of esters is 1. The molecule has 152 valence electrons. The second-order valence-electron chi connectivity index (χ2n) is 8.44. The standard InChI is InChI=1S/C21H31NO4Si2/c1-24-20-16-17(8-7-15-28(5,6)26-27(2,3)4)9-10-19(20)25-21(23)18-11-13-22-14-12-18/h9-14,16H,7-8,15H2,1-6H3. The molecule has 0 aliphatic rings. The van der Waals surface area contributed by atoms with Crippen molar-refractivity contribution in [2.75, 3.05) is 7.11 Å². The Labute approximate surface area is 170 Å². The lowest BCUT2D eigenvalue weighted by molar-refractivity contribution is 0.0729. The van der Waals surface area contributed by atoms with E-state index in [1.807, 2.05) is 12.1 Å². The van der Waals surface area contributed by atoms with Crippen LogP contribution in [0.2, 0.25) is 38.8 Å². The first-order valence-electron chi connectivity index (χ1n) is 9.59. The molecule has 1 heterocycles. The fourth-order valence-corrected chi connectivity index (χ4v) is 11.3. The van der Waals surface area contributed by atoms with Gasteiger partial charge >= 0.3 is 5.97 Å². The van der Waals surface area contributed by atoms with Gasteiger partial charge in [0.15, 0.2) is 28.1 Å². The van der Waals surface area contributed by atoms with Gasteiger partial charge in [-0.05, 0) is 81.4 Å². The SMILES string of the molecule is COc1cc(CCC[Si](C)(C)O[Si](C)(C)C)ccc1OC(=O)c1ccncc1. The normalized spacial score (nSPS) is 11.9. The van der Waals surface area contributed by atoms with Gasteiger partial charge < -0.3 is 13.6 Å². The lowest BCUT2D eigenvalue weighted by Gasteiger charge is -2.31. The third-order valence-electron chi connectivity index (χ3n) is 4.17. The van der Waals surface area contributed by atoms with Crippen molar-refractivity contribution in [3.8, 4) is 11.5 Å². The molecular formula is C21H31NO4Si2. The van der Waals surface area contributed by atoms with Crippen LogP contribution in [0, 0.1) is 0 Å². The van der Waals surface area contributed by atoms with Gasteiger partial charge in [0.25, 0.3) is 0 Å². The van der Waals surface area contributed by atoms with Crippen LogP contribution in [0.4, 0.5) is 0 Å². The smallest absolute Gasteiger partial charge is 0.343 e. The van der Waals surface area contributed by atoms with Gasteiger partial charge in [0.2, 0.25) is 0 Å². The molecular weight excluding hydrogens is 386 g/mol. The molecule has 0 amide bonds. The van der Waals surface area contributed by atoms with Crippen molar-refractivity contribution >= 4 is 22.6 Å². The number of pyridine rings is 1. The van der Waals surface area contributed by atoms with Gasteiger partial charge in [-0.15, -0.1) is 0 Å². The molecule has 1 aromatic carbocycles. The van der Waals surface area contributed by atoms with E-state index in [2.05, 4.69) is 37.7 Å². The third-order valence-corrected chi connectivity index (χ3v) is 10.4. The zero-order chi connectivity index (χ0) is 20.8. The Bertz CT molecular complexity index is 789. The number of ether oxygens (including phenoxy) is 2. The van der Waals surface area contributed by atoms with E-state index >= 15 is 0 Å². The van der Waals surface area contributed by atoms with E-state index in [1.54, 1.807) is 37.7 Å². The van der Waals surface area contributed by atoms with Crippen LogP contribution in [-0.4, -0.2) is 34.7 Å². The fourth-order valence-electron chi connectivity index (χ4n) is 3.20. The molecule has 0 saturated carbocycles. The number of benzene rings is 1. The first-order chi connectivity index (χ1) is 13.1. The third kappa shape index (κ3) is 7.22. The first kappa shape index (κ1) is 22.3. The van der Waals surface area contributed by atoms with Gasteiger partial charge in [-0.1, -0.05) is 6.07 Å². The summed E-state index contributed by atoms with van der Waals surface area (Å²) in [6, 6.07) is 10.1. The van der Waals surface area contributed by atoms with Crippen molar-refractivity contribution in [2.45, 2.75) is 51.6 Å². The van der Waals surface area contributed by atoms with Crippen molar-refractivity contribution < 1.29 is 18.4 Å². The summed E-state index contributed by atoms with van der Waals surface area (Å²) in [5.74, 6) is 0.560. The van der Waals surface area contributed by atoms with Gasteiger partial charge in [-0.25, -0.2) is 4.79 Å². The largest absolute Gasteiger partial charge is 0.493 e. The van der Waals surface area contributed by atoms with Gasteiger partial charge in [0.05, 0.1) is 12.7 Å². The summed E-state index contributed by atoms with van der Waals surface area (Å²) in [5.41, 5.74) is 1.62. The number of hydrogen-bond acceptors (Lipinski definition) is 5. The number of hydrogen-bond donors (Lipinski definition) is 0. The number of rotatable bonds is 9. The van der Waals surface area contributed by atoms with Crippen LogP contribution >= 0.6 is 0 Å². The van der Waals surface area contributed by atoms with Gasteiger partial charge in [0.1, 0.15) is 0 Å². The summed E-state index contributed by atoms with van der Waals surface area (Å²) in [7, 11) is -1.54. The van der Waals surface area contributed by atoms with Crippen LogP contribution < -0.4 is 9.47 Å². The maximum atomic E-state index is 12.3. The maximum Gasteiger partial charge on any atom is 0.343 e. The second-order valence-corrected chi connectivity index (χ2v) is 17.5. The van der Waals surface area contributed by atoms with Crippen molar-refractivity contribution in [1.29, 1.82) is 0 Å². The maximum absolute atomic E-state index is 12.3. The Kier molecular flexibility index (Phi) is 7.57. The highest BCUT2D eigenvalue weighted by Gasteiger charge is 2.28. The molecule has 0 unspecified atom stereocenters. The molecule has 0 atom stereocenters. The van der Waals surface area contributed by atoms with E-state index in [1.165, 1.54) is 5.56 Å². The van der Waals surface area contributed by atoms with E-state index < -0.39 is 22.6 Å². The summed E-state index contributed by atoms with van der Waals surface area (Å²) >= 11 is 0. The lowest BCUT2D eigenvalue weighted by atomic mass is 10.1. The van der Waals surface area contributed by atoms with E-state index in [4.69, 9.17) is 13.6 Å². The van der Waals surface area contributed by atoms with Crippen LogP contribution in [0.3, 0.4) is 0 Å². The Morgan fingerprint density at radius 3 is 2.29 bits per heavy atom.